The number of Topliss-reactive ketones (excluding diaryl/α,β-unsaturated/α-hetero) is 1. The van der Waals surface area contributed by atoms with Crippen LogP contribution in [0.15, 0.2) is 36.4 Å². The fourth-order valence-corrected chi connectivity index (χ4v) is 2.73. The summed E-state index contributed by atoms with van der Waals surface area (Å²) in [6, 6.07) is 12.4. The van der Waals surface area contributed by atoms with E-state index in [-0.39, 0.29) is 11.7 Å². The summed E-state index contributed by atoms with van der Waals surface area (Å²) in [5.41, 5.74) is 4.27. The largest absolute Gasteiger partial charge is 0.348 e. The second kappa shape index (κ2) is 6.76. The number of rotatable bonds is 6. The average Bonchev–Trinajstić information content (AvgIpc) is 2.75. The zero-order valence-corrected chi connectivity index (χ0v) is 12.8. The maximum atomic E-state index is 11.7. The lowest BCUT2D eigenvalue weighted by Gasteiger charge is -2.09. The molecule has 0 aliphatic heterocycles. The Bertz CT molecular complexity index is 587. The summed E-state index contributed by atoms with van der Waals surface area (Å²) >= 11 is 5.65. The van der Waals surface area contributed by atoms with Gasteiger partial charge in [-0.3, -0.25) is 4.79 Å². The Balaban J connectivity index is 2.03. The molecule has 2 rings (SSSR count). The van der Waals surface area contributed by atoms with Crippen molar-refractivity contribution in [1.29, 1.82) is 0 Å². The highest BCUT2D eigenvalue weighted by Crippen LogP contribution is 2.17. The van der Waals surface area contributed by atoms with Gasteiger partial charge in [0.05, 0.1) is 5.88 Å². The van der Waals surface area contributed by atoms with Gasteiger partial charge >= 0.3 is 0 Å². The quantitative estimate of drug-likeness (QED) is 0.578. The zero-order chi connectivity index (χ0) is 14.5. The van der Waals surface area contributed by atoms with Crippen LogP contribution in [0, 0.1) is 13.8 Å². The van der Waals surface area contributed by atoms with E-state index in [9.17, 15) is 4.79 Å². The Morgan fingerprint density at radius 2 is 1.90 bits per heavy atom. The van der Waals surface area contributed by atoms with E-state index in [1.165, 1.54) is 5.56 Å². The molecule has 0 bridgehead atoms. The third kappa shape index (κ3) is 3.31. The first-order chi connectivity index (χ1) is 9.63. The predicted molar refractivity (Wildman–Crippen MR) is 83.7 cm³/mol. The van der Waals surface area contributed by atoms with Crippen molar-refractivity contribution in [2.45, 2.75) is 33.2 Å². The fraction of sp³-hybridized carbons (Fsp3) is 0.353. The van der Waals surface area contributed by atoms with Crippen molar-refractivity contribution >= 4 is 17.4 Å². The molecule has 0 saturated heterocycles. The van der Waals surface area contributed by atoms with Gasteiger partial charge in [0, 0.05) is 23.5 Å². The summed E-state index contributed by atoms with van der Waals surface area (Å²) in [6.07, 6.45) is 2.12. The van der Waals surface area contributed by atoms with Gasteiger partial charge in [-0.2, -0.15) is 0 Å². The van der Waals surface area contributed by atoms with E-state index < -0.39 is 0 Å². The first-order valence-electron chi connectivity index (χ1n) is 6.93. The summed E-state index contributed by atoms with van der Waals surface area (Å²) in [5.74, 6) is 0.0583. The summed E-state index contributed by atoms with van der Waals surface area (Å²) < 4.78 is 2.21. The van der Waals surface area contributed by atoms with E-state index >= 15 is 0 Å². The first kappa shape index (κ1) is 14.9. The molecule has 2 aromatic rings. The van der Waals surface area contributed by atoms with Gasteiger partial charge < -0.3 is 4.57 Å². The monoisotopic (exact) mass is 289 g/mol. The molecule has 20 heavy (non-hydrogen) atoms. The van der Waals surface area contributed by atoms with Crippen LogP contribution in [0.1, 0.15) is 33.7 Å². The summed E-state index contributed by atoms with van der Waals surface area (Å²) in [7, 11) is 0. The molecule has 0 fully saturated rings. The third-order valence-electron chi connectivity index (χ3n) is 3.69. The van der Waals surface area contributed by atoms with Crippen LogP contribution >= 0.6 is 11.6 Å². The molecule has 106 valence electrons. The van der Waals surface area contributed by atoms with Gasteiger partial charge in [0.15, 0.2) is 5.78 Å². The van der Waals surface area contributed by atoms with E-state index in [2.05, 4.69) is 28.8 Å². The van der Waals surface area contributed by atoms with Crippen LogP contribution in [0.2, 0.25) is 0 Å². The predicted octanol–water partition coefficient (Wildman–Crippen LogP) is 4.16. The zero-order valence-electron chi connectivity index (χ0n) is 12.0. The topological polar surface area (TPSA) is 22.0 Å². The number of aromatic nitrogens is 1. The number of aryl methyl sites for hydroxylation is 2. The Hall–Kier alpha value is -1.54. The maximum absolute atomic E-state index is 11.7. The van der Waals surface area contributed by atoms with Gasteiger partial charge in [-0.25, -0.2) is 0 Å². The first-order valence-corrected chi connectivity index (χ1v) is 7.46. The van der Waals surface area contributed by atoms with Crippen molar-refractivity contribution in [3.8, 4) is 0 Å². The number of alkyl halides is 1. The van der Waals surface area contributed by atoms with E-state index in [1.54, 1.807) is 0 Å². The highest BCUT2D eigenvalue weighted by Gasteiger charge is 2.14. The second-order valence-corrected chi connectivity index (χ2v) is 5.35. The van der Waals surface area contributed by atoms with Crippen molar-refractivity contribution in [2.24, 2.45) is 0 Å². The minimum atomic E-state index is 0.00840. The molecule has 0 unspecified atom stereocenters. The van der Waals surface area contributed by atoms with Crippen LogP contribution in [0.25, 0.3) is 0 Å². The lowest BCUT2D eigenvalue weighted by Crippen LogP contribution is -2.06. The van der Waals surface area contributed by atoms with Crippen molar-refractivity contribution in [3.63, 3.8) is 0 Å². The molecule has 0 atom stereocenters. The lowest BCUT2D eigenvalue weighted by atomic mass is 10.1. The molecule has 1 heterocycles. The Labute approximate surface area is 125 Å². The van der Waals surface area contributed by atoms with Crippen LogP contribution in [-0.4, -0.2) is 16.2 Å². The van der Waals surface area contributed by atoms with Crippen LogP contribution in [0.4, 0.5) is 0 Å². The number of benzene rings is 1. The van der Waals surface area contributed by atoms with Crippen molar-refractivity contribution < 1.29 is 4.79 Å². The molecule has 0 spiro atoms. The molecule has 0 amide bonds. The van der Waals surface area contributed by atoms with Crippen molar-refractivity contribution in [2.75, 3.05) is 5.88 Å². The number of halogens is 1. The molecule has 0 aliphatic rings. The number of nitrogens with zero attached hydrogens (tertiary/aromatic N) is 1. The number of hydrogen-bond donors (Lipinski definition) is 0. The normalized spacial score (nSPS) is 10.8. The average molecular weight is 290 g/mol. The molecule has 1 aromatic heterocycles. The van der Waals surface area contributed by atoms with E-state index in [4.69, 9.17) is 11.6 Å². The molecule has 2 nitrogen and oxygen atoms in total. The van der Waals surface area contributed by atoms with Gasteiger partial charge in [0.1, 0.15) is 0 Å². The molecule has 0 aliphatic carbocycles. The van der Waals surface area contributed by atoms with Gasteiger partial charge in [0.2, 0.25) is 0 Å². The van der Waals surface area contributed by atoms with Crippen LogP contribution in [0.5, 0.6) is 0 Å². The Morgan fingerprint density at radius 1 is 1.20 bits per heavy atom. The smallest absolute Gasteiger partial charge is 0.179 e. The maximum Gasteiger partial charge on any atom is 0.179 e. The molecular weight excluding hydrogens is 270 g/mol. The standard InChI is InChI=1S/C17H20ClNO/c1-13-11-16(17(20)12-18)14(2)19(13)10-6-9-15-7-4-3-5-8-15/h3-5,7-8,11H,6,9-10,12H2,1-2H3. The highest BCUT2D eigenvalue weighted by atomic mass is 35.5. The molecular formula is C17H20ClNO. The molecule has 0 N–H and O–H groups in total. The van der Waals surface area contributed by atoms with E-state index in [0.29, 0.717) is 0 Å². The highest BCUT2D eigenvalue weighted by molar-refractivity contribution is 6.30. The number of hydrogen-bond acceptors (Lipinski definition) is 1. The van der Waals surface area contributed by atoms with Crippen LogP contribution < -0.4 is 0 Å². The van der Waals surface area contributed by atoms with Gasteiger partial charge in [-0.05, 0) is 38.3 Å². The summed E-state index contributed by atoms with van der Waals surface area (Å²) in [5, 5.41) is 0. The van der Waals surface area contributed by atoms with Gasteiger partial charge in [-0.1, -0.05) is 30.3 Å². The van der Waals surface area contributed by atoms with Gasteiger partial charge in [0.25, 0.3) is 0 Å². The Kier molecular flexibility index (Phi) is 5.02. The van der Waals surface area contributed by atoms with Crippen LogP contribution in [-0.2, 0) is 13.0 Å². The molecule has 1 aromatic carbocycles. The van der Waals surface area contributed by atoms with Crippen LogP contribution in [0.3, 0.4) is 0 Å². The van der Waals surface area contributed by atoms with Crippen molar-refractivity contribution in [3.05, 3.63) is 58.9 Å². The lowest BCUT2D eigenvalue weighted by molar-refractivity contribution is 0.102. The molecule has 0 saturated carbocycles. The SMILES string of the molecule is Cc1cc(C(=O)CCl)c(C)n1CCCc1ccccc1. The summed E-state index contributed by atoms with van der Waals surface area (Å²) in [6.45, 7) is 4.97. The minimum Gasteiger partial charge on any atom is -0.348 e. The third-order valence-corrected chi connectivity index (χ3v) is 3.93. The summed E-state index contributed by atoms with van der Waals surface area (Å²) in [4.78, 5) is 11.7. The number of carbonyl (C=O) groups excluding carboxylic acids is 1. The number of ketones is 1. The minimum absolute atomic E-state index is 0.00840. The second-order valence-electron chi connectivity index (χ2n) is 5.08. The van der Waals surface area contributed by atoms with Gasteiger partial charge in [-0.15, -0.1) is 11.6 Å². The Morgan fingerprint density at radius 3 is 2.55 bits per heavy atom. The fourth-order valence-electron chi connectivity index (χ4n) is 2.59. The van der Waals surface area contributed by atoms with Crippen molar-refractivity contribution in [1.82, 2.24) is 4.57 Å². The molecule has 3 heteroatoms. The molecule has 0 radical (unpaired) electrons. The number of carbonyl (C=O) groups is 1. The van der Waals surface area contributed by atoms with E-state index in [1.807, 2.05) is 26.0 Å². The van der Waals surface area contributed by atoms with E-state index in [0.717, 1.165) is 36.3 Å².